The van der Waals surface area contributed by atoms with E-state index in [4.69, 9.17) is 11.6 Å². The topological polar surface area (TPSA) is 61.4 Å². The van der Waals surface area contributed by atoms with Crippen molar-refractivity contribution in [2.45, 2.75) is 12.5 Å². The normalized spacial score (nSPS) is 17.2. The van der Waals surface area contributed by atoms with Crippen LogP contribution in [0.2, 0.25) is 5.02 Å². The van der Waals surface area contributed by atoms with E-state index >= 15 is 0 Å². The Morgan fingerprint density at radius 2 is 1.91 bits per heavy atom. The lowest BCUT2D eigenvalue weighted by atomic mass is 10.2. The Hall–Kier alpha value is -2.53. The number of para-hydroxylation sites is 1. The molecular weight excluding hydrogens is 314 g/mol. The third-order valence-electron chi connectivity index (χ3n) is 3.61. The molecule has 1 fully saturated rings. The number of rotatable bonds is 3. The van der Waals surface area contributed by atoms with Crippen LogP contribution in [0.15, 0.2) is 54.6 Å². The van der Waals surface area contributed by atoms with Crippen molar-refractivity contribution in [3.63, 3.8) is 0 Å². The lowest BCUT2D eigenvalue weighted by Crippen LogP contribution is -2.39. The van der Waals surface area contributed by atoms with Crippen LogP contribution in [-0.4, -0.2) is 24.5 Å². The summed E-state index contributed by atoms with van der Waals surface area (Å²) in [5.74, 6) is 0.00394. The number of urea groups is 1. The van der Waals surface area contributed by atoms with Crippen molar-refractivity contribution in [2.75, 3.05) is 16.8 Å². The number of anilines is 2. The predicted molar refractivity (Wildman–Crippen MR) is 90.8 cm³/mol. The SMILES string of the molecule is O=C(Nc1cccc(Cl)c1)N[C@@H]1CC(=O)N(c2ccccc2)C1. The monoisotopic (exact) mass is 329 g/mol. The van der Waals surface area contributed by atoms with E-state index in [0.29, 0.717) is 17.3 Å². The molecule has 1 atom stereocenters. The van der Waals surface area contributed by atoms with Crippen LogP contribution in [0, 0.1) is 0 Å². The maximum absolute atomic E-state index is 12.1. The van der Waals surface area contributed by atoms with Crippen LogP contribution >= 0.6 is 11.6 Å². The number of nitrogens with one attached hydrogen (secondary N) is 2. The highest BCUT2D eigenvalue weighted by Crippen LogP contribution is 2.21. The first kappa shape index (κ1) is 15.4. The number of carbonyl (C=O) groups excluding carboxylic acids is 2. The maximum atomic E-state index is 12.1. The average molecular weight is 330 g/mol. The van der Waals surface area contributed by atoms with E-state index in [1.807, 2.05) is 30.3 Å². The van der Waals surface area contributed by atoms with Crippen molar-refractivity contribution in [1.82, 2.24) is 5.32 Å². The summed E-state index contributed by atoms with van der Waals surface area (Å²) in [6.45, 7) is 0.464. The van der Waals surface area contributed by atoms with Crippen LogP contribution in [0.4, 0.5) is 16.2 Å². The van der Waals surface area contributed by atoms with Gasteiger partial charge in [-0.15, -0.1) is 0 Å². The fraction of sp³-hybridized carbons (Fsp3) is 0.176. The van der Waals surface area contributed by atoms with Gasteiger partial charge in [0.15, 0.2) is 0 Å². The minimum Gasteiger partial charge on any atom is -0.333 e. The summed E-state index contributed by atoms with van der Waals surface area (Å²) in [5, 5.41) is 6.09. The molecule has 0 aromatic heterocycles. The van der Waals surface area contributed by atoms with E-state index in [1.165, 1.54) is 0 Å². The Balaban J connectivity index is 1.59. The maximum Gasteiger partial charge on any atom is 0.319 e. The Bertz CT molecular complexity index is 721. The van der Waals surface area contributed by atoms with Crippen LogP contribution in [0.5, 0.6) is 0 Å². The standard InChI is InChI=1S/C17H16ClN3O2/c18-12-5-4-6-13(9-12)19-17(23)20-14-10-16(22)21(11-14)15-7-2-1-3-8-15/h1-9,14H,10-11H2,(H2,19,20,23)/t14-/m1/s1. The van der Waals surface area contributed by atoms with Gasteiger partial charge in [-0.05, 0) is 30.3 Å². The van der Waals surface area contributed by atoms with Gasteiger partial charge in [-0.2, -0.15) is 0 Å². The number of halogens is 1. The van der Waals surface area contributed by atoms with Crippen LogP contribution in [0.25, 0.3) is 0 Å². The van der Waals surface area contributed by atoms with E-state index < -0.39 is 0 Å². The van der Waals surface area contributed by atoms with Gasteiger partial charge in [0.05, 0.1) is 6.04 Å². The molecule has 0 aliphatic carbocycles. The summed E-state index contributed by atoms with van der Waals surface area (Å²) in [4.78, 5) is 25.8. The van der Waals surface area contributed by atoms with E-state index in [-0.39, 0.29) is 24.4 Å². The average Bonchev–Trinajstić information content (AvgIpc) is 2.88. The number of benzene rings is 2. The molecule has 2 aromatic carbocycles. The summed E-state index contributed by atoms with van der Waals surface area (Å²) >= 11 is 5.88. The van der Waals surface area contributed by atoms with Crippen LogP contribution in [-0.2, 0) is 4.79 Å². The lowest BCUT2D eigenvalue weighted by molar-refractivity contribution is -0.117. The van der Waals surface area contributed by atoms with Gasteiger partial charge < -0.3 is 15.5 Å². The number of carbonyl (C=O) groups is 2. The molecular formula is C17H16ClN3O2. The number of amides is 3. The second-order valence-corrected chi connectivity index (χ2v) is 5.79. The first-order chi connectivity index (χ1) is 11.1. The van der Waals surface area contributed by atoms with Crippen molar-refractivity contribution in [3.8, 4) is 0 Å². The molecule has 1 aliphatic heterocycles. The van der Waals surface area contributed by atoms with Gasteiger partial charge in [-0.1, -0.05) is 35.9 Å². The fourth-order valence-corrected chi connectivity index (χ4v) is 2.77. The largest absolute Gasteiger partial charge is 0.333 e. The Labute approximate surface area is 139 Å². The van der Waals surface area contributed by atoms with Crippen molar-refractivity contribution < 1.29 is 9.59 Å². The van der Waals surface area contributed by atoms with Crippen LogP contribution in [0.3, 0.4) is 0 Å². The van der Waals surface area contributed by atoms with Gasteiger partial charge in [0.25, 0.3) is 0 Å². The molecule has 1 heterocycles. The Morgan fingerprint density at radius 3 is 2.65 bits per heavy atom. The molecule has 6 heteroatoms. The second kappa shape index (κ2) is 6.71. The molecule has 3 amide bonds. The zero-order chi connectivity index (χ0) is 16.2. The zero-order valence-corrected chi connectivity index (χ0v) is 13.1. The summed E-state index contributed by atoms with van der Waals surface area (Å²) < 4.78 is 0. The van der Waals surface area contributed by atoms with Crippen LogP contribution < -0.4 is 15.5 Å². The van der Waals surface area contributed by atoms with Gasteiger partial charge in [0.1, 0.15) is 0 Å². The van der Waals surface area contributed by atoms with Crippen molar-refractivity contribution in [1.29, 1.82) is 0 Å². The smallest absolute Gasteiger partial charge is 0.319 e. The number of hydrogen-bond acceptors (Lipinski definition) is 2. The molecule has 0 saturated carbocycles. The molecule has 0 bridgehead atoms. The first-order valence-electron chi connectivity index (χ1n) is 7.30. The Morgan fingerprint density at radius 1 is 1.13 bits per heavy atom. The van der Waals surface area contributed by atoms with E-state index in [2.05, 4.69) is 10.6 Å². The van der Waals surface area contributed by atoms with E-state index in [9.17, 15) is 9.59 Å². The molecule has 0 unspecified atom stereocenters. The van der Waals surface area contributed by atoms with Gasteiger partial charge >= 0.3 is 6.03 Å². The molecule has 5 nitrogen and oxygen atoms in total. The van der Waals surface area contributed by atoms with Crippen LogP contribution in [0.1, 0.15) is 6.42 Å². The van der Waals surface area contributed by atoms with Gasteiger partial charge in [-0.25, -0.2) is 4.79 Å². The molecule has 2 N–H and O–H groups in total. The van der Waals surface area contributed by atoms with Crippen molar-refractivity contribution in [3.05, 3.63) is 59.6 Å². The van der Waals surface area contributed by atoms with Crippen molar-refractivity contribution >= 4 is 34.9 Å². The van der Waals surface area contributed by atoms with Crippen molar-refractivity contribution in [2.24, 2.45) is 0 Å². The van der Waals surface area contributed by atoms with Gasteiger partial charge in [-0.3, -0.25) is 4.79 Å². The van der Waals surface area contributed by atoms with E-state index in [1.54, 1.807) is 29.2 Å². The molecule has 23 heavy (non-hydrogen) atoms. The molecule has 118 valence electrons. The molecule has 2 aromatic rings. The highest BCUT2D eigenvalue weighted by Gasteiger charge is 2.31. The molecule has 3 rings (SSSR count). The minimum atomic E-state index is -0.347. The molecule has 1 aliphatic rings. The third kappa shape index (κ3) is 3.81. The quantitative estimate of drug-likeness (QED) is 0.908. The summed E-state index contributed by atoms with van der Waals surface area (Å²) in [6.07, 6.45) is 0.290. The van der Waals surface area contributed by atoms with Gasteiger partial charge in [0.2, 0.25) is 5.91 Å². The summed E-state index contributed by atoms with van der Waals surface area (Å²) in [6, 6.07) is 15.8. The predicted octanol–water partition coefficient (Wildman–Crippen LogP) is 3.27. The highest BCUT2D eigenvalue weighted by molar-refractivity contribution is 6.30. The van der Waals surface area contributed by atoms with Gasteiger partial charge in [0, 0.05) is 29.4 Å². The lowest BCUT2D eigenvalue weighted by Gasteiger charge is -2.17. The minimum absolute atomic E-state index is 0.00394. The number of nitrogens with zero attached hydrogens (tertiary/aromatic N) is 1. The zero-order valence-electron chi connectivity index (χ0n) is 12.3. The Kier molecular flexibility index (Phi) is 4.48. The molecule has 0 radical (unpaired) electrons. The fourth-order valence-electron chi connectivity index (χ4n) is 2.58. The summed E-state index contributed by atoms with van der Waals surface area (Å²) in [7, 11) is 0. The second-order valence-electron chi connectivity index (χ2n) is 5.35. The summed E-state index contributed by atoms with van der Waals surface area (Å²) in [5.41, 5.74) is 1.45. The molecule has 1 saturated heterocycles. The van der Waals surface area contributed by atoms with E-state index in [0.717, 1.165) is 5.69 Å². The third-order valence-corrected chi connectivity index (χ3v) is 3.85. The highest BCUT2D eigenvalue weighted by atomic mass is 35.5. The molecule has 0 spiro atoms. The number of hydrogen-bond donors (Lipinski definition) is 2. The first-order valence-corrected chi connectivity index (χ1v) is 7.68.